The van der Waals surface area contributed by atoms with Crippen molar-refractivity contribution in [2.75, 3.05) is 6.54 Å². The number of nitrogens with zero attached hydrogens (tertiary/aromatic N) is 2. The van der Waals surface area contributed by atoms with Gasteiger partial charge >= 0.3 is 11.9 Å². The number of nitrogens with two attached hydrogens (primary N) is 1. The van der Waals surface area contributed by atoms with Gasteiger partial charge in [-0.05, 0) is 17.1 Å². The van der Waals surface area contributed by atoms with Gasteiger partial charge in [-0.3, -0.25) is 0 Å². The molecule has 0 aromatic heterocycles. The number of carbonyl (C=O) groups is 2. The Hall–Kier alpha value is -2.57. The van der Waals surface area contributed by atoms with Crippen LogP contribution in [0.15, 0.2) is 35.5 Å². The van der Waals surface area contributed by atoms with E-state index in [0.29, 0.717) is 13.0 Å². The minimum atomic E-state index is -0.616. The topological polar surface area (TPSA) is 94.2 Å². The van der Waals surface area contributed by atoms with Crippen LogP contribution in [0, 0.1) is 0 Å². The van der Waals surface area contributed by atoms with E-state index in [1.54, 1.807) is 0 Å². The van der Waals surface area contributed by atoms with Crippen LogP contribution in [0.5, 0.6) is 0 Å². The second-order valence-electron chi connectivity index (χ2n) is 4.21. The van der Waals surface area contributed by atoms with E-state index in [0.717, 1.165) is 10.6 Å². The van der Waals surface area contributed by atoms with Gasteiger partial charge in [0.1, 0.15) is 0 Å². The van der Waals surface area contributed by atoms with Gasteiger partial charge in [-0.25, -0.2) is 9.59 Å². The molecule has 1 aliphatic heterocycles. The van der Waals surface area contributed by atoms with Crippen LogP contribution in [0.3, 0.4) is 0 Å². The van der Waals surface area contributed by atoms with Gasteiger partial charge in [-0.2, -0.15) is 5.06 Å². The first kappa shape index (κ1) is 13.9. The summed E-state index contributed by atoms with van der Waals surface area (Å²) in [7, 11) is 0. The minimum Gasteiger partial charge on any atom is -0.365 e. The molecule has 0 fully saturated rings. The highest BCUT2D eigenvalue weighted by Crippen LogP contribution is 2.06. The van der Waals surface area contributed by atoms with Crippen molar-refractivity contribution in [2.45, 2.75) is 19.3 Å². The lowest BCUT2D eigenvalue weighted by Gasteiger charge is -2.20. The van der Waals surface area contributed by atoms with Crippen LogP contribution in [-0.4, -0.2) is 29.5 Å². The molecule has 2 N–H and O–H groups in total. The summed E-state index contributed by atoms with van der Waals surface area (Å²) in [6.07, 6.45) is 0.462. The largest absolute Gasteiger partial charge is 0.365 e. The van der Waals surface area contributed by atoms with Crippen LogP contribution in [0.1, 0.15) is 18.4 Å². The van der Waals surface area contributed by atoms with Crippen molar-refractivity contribution >= 4 is 17.9 Å². The van der Waals surface area contributed by atoms with E-state index in [-0.39, 0.29) is 18.8 Å². The molecule has 0 radical (unpaired) electrons. The molecule has 0 bridgehead atoms. The number of hydroxylamine groups is 2. The van der Waals surface area contributed by atoms with E-state index < -0.39 is 11.9 Å². The number of rotatable bonds is 3. The van der Waals surface area contributed by atoms with Crippen LogP contribution < -0.4 is 5.73 Å². The van der Waals surface area contributed by atoms with Crippen molar-refractivity contribution in [3.63, 3.8) is 0 Å². The van der Waals surface area contributed by atoms with Crippen LogP contribution in [0.4, 0.5) is 0 Å². The molecule has 0 atom stereocenters. The molecule has 7 heteroatoms. The Morgan fingerprint density at radius 3 is 2.60 bits per heavy atom. The van der Waals surface area contributed by atoms with Crippen LogP contribution in [0.25, 0.3) is 0 Å². The molecule has 2 rings (SSSR count). The van der Waals surface area contributed by atoms with Crippen molar-refractivity contribution < 1.29 is 19.3 Å². The molecule has 7 nitrogen and oxygen atoms in total. The van der Waals surface area contributed by atoms with Gasteiger partial charge < -0.3 is 15.4 Å². The average Bonchev–Trinajstić information content (AvgIpc) is 2.52. The van der Waals surface area contributed by atoms with E-state index in [9.17, 15) is 9.59 Å². The molecular formula is C13H15N3O4. The number of hydrogen-bond donors (Lipinski definition) is 1. The van der Waals surface area contributed by atoms with E-state index >= 15 is 0 Å². The normalized spacial score (nSPS) is 19.0. The molecule has 0 aliphatic carbocycles. The van der Waals surface area contributed by atoms with Crippen molar-refractivity contribution in [3.8, 4) is 0 Å². The summed E-state index contributed by atoms with van der Waals surface area (Å²) in [6, 6.07) is 9.65. The van der Waals surface area contributed by atoms with E-state index in [2.05, 4.69) is 9.99 Å². The van der Waals surface area contributed by atoms with E-state index in [1.807, 2.05) is 30.3 Å². The number of oxime groups is 1. The van der Waals surface area contributed by atoms with Crippen molar-refractivity contribution in [1.29, 1.82) is 0 Å². The summed E-state index contributed by atoms with van der Waals surface area (Å²) in [5, 5.41) is 4.58. The lowest BCUT2D eigenvalue weighted by Crippen LogP contribution is -2.40. The average molecular weight is 277 g/mol. The molecule has 1 heterocycles. The van der Waals surface area contributed by atoms with Gasteiger partial charge in [-0.1, -0.05) is 30.3 Å². The highest BCUT2D eigenvalue weighted by atomic mass is 16.7. The van der Waals surface area contributed by atoms with Gasteiger partial charge in [0.25, 0.3) is 5.96 Å². The summed E-state index contributed by atoms with van der Waals surface area (Å²) in [4.78, 5) is 32.3. The van der Waals surface area contributed by atoms with Gasteiger partial charge in [0.15, 0.2) is 0 Å². The smallest absolute Gasteiger partial charge is 0.335 e. The van der Waals surface area contributed by atoms with Crippen LogP contribution in [0.2, 0.25) is 0 Å². The van der Waals surface area contributed by atoms with Gasteiger partial charge in [0, 0.05) is 0 Å². The van der Waals surface area contributed by atoms with E-state index in [4.69, 9.17) is 10.6 Å². The fourth-order valence-electron chi connectivity index (χ4n) is 1.64. The lowest BCUT2D eigenvalue weighted by molar-refractivity contribution is -0.173. The zero-order valence-corrected chi connectivity index (χ0v) is 10.8. The van der Waals surface area contributed by atoms with Crippen molar-refractivity contribution in [3.05, 3.63) is 35.9 Å². The quantitative estimate of drug-likeness (QED) is 0.811. The molecule has 106 valence electrons. The maximum atomic E-state index is 11.5. The SMILES string of the molecule is N/C1=N/OC(=O)CCC(=O)ON1CCc1ccccc1. The van der Waals surface area contributed by atoms with Crippen LogP contribution in [-0.2, 0) is 25.7 Å². The maximum absolute atomic E-state index is 11.5. The van der Waals surface area contributed by atoms with Crippen molar-refractivity contribution in [2.24, 2.45) is 10.9 Å². The fourth-order valence-corrected chi connectivity index (χ4v) is 1.64. The highest BCUT2D eigenvalue weighted by molar-refractivity contribution is 5.83. The van der Waals surface area contributed by atoms with E-state index in [1.165, 1.54) is 0 Å². The first-order valence-corrected chi connectivity index (χ1v) is 6.21. The molecular weight excluding hydrogens is 262 g/mol. The zero-order chi connectivity index (χ0) is 14.4. The van der Waals surface area contributed by atoms with Gasteiger partial charge in [0.2, 0.25) is 0 Å². The summed E-state index contributed by atoms with van der Waals surface area (Å²) in [5.74, 6) is -1.32. The predicted octanol–water partition coefficient (Wildman–Crippen LogP) is 0.556. The molecule has 0 saturated heterocycles. The molecule has 20 heavy (non-hydrogen) atoms. The lowest BCUT2D eigenvalue weighted by atomic mass is 10.1. The Bertz CT molecular complexity index is 516. The molecule has 1 aliphatic rings. The fraction of sp³-hybridized carbons (Fsp3) is 0.308. The third-order valence-electron chi connectivity index (χ3n) is 2.69. The number of carbonyl (C=O) groups excluding carboxylic acids is 2. The monoisotopic (exact) mass is 277 g/mol. The highest BCUT2D eigenvalue weighted by Gasteiger charge is 2.19. The standard InChI is InChI=1S/C13H15N3O4/c14-13-15-19-11(17)6-7-12(18)20-16(13)9-8-10-4-2-1-3-5-10/h1-5H,6-9H2,(H2,14,15). The summed E-state index contributed by atoms with van der Waals surface area (Å²) in [6.45, 7) is 0.322. The summed E-state index contributed by atoms with van der Waals surface area (Å²) in [5.41, 5.74) is 6.69. The Balaban J connectivity index is 2.02. The third-order valence-corrected chi connectivity index (χ3v) is 2.69. The molecule has 0 amide bonds. The second-order valence-corrected chi connectivity index (χ2v) is 4.21. The summed E-state index contributed by atoms with van der Waals surface area (Å²) >= 11 is 0. The van der Waals surface area contributed by atoms with Gasteiger partial charge in [0.05, 0.1) is 19.4 Å². The molecule has 0 unspecified atom stereocenters. The second kappa shape index (κ2) is 6.55. The van der Waals surface area contributed by atoms with Crippen LogP contribution >= 0.6 is 0 Å². The molecule has 1 aromatic carbocycles. The summed E-state index contributed by atoms with van der Waals surface area (Å²) < 4.78 is 0. The molecule has 0 saturated carbocycles. The third kappa shape index (κ3) is 3.98. The van der Waals surface area contributed by atoms with Gasteiger partial charge in [-0.15, -0.1) is 0 Å². The Labute approximate surface area is 115 Å². The molecule has 0 spiro atoms. The van der Waals surface area contributed by atoms with Crippen molar-refractivity contribution in [1.82, 2.24) is 5.06 Å². The predicted molar refractivity (Wildman–Crippen MR) is 69.9 cm³/mol. The maximum Gasteiger partial charge on any atom is 0.335 e. The number of hydrogen-bond acceptors (Lipinski definition) is 7. The Kier molecular flexibility index (Phi) is 4.54. The Morgan fingerprint density at radius 1 is 1.15 bits per heavy atom. The number of benzene rings is 1. The first-order chi connectivity index (χ1) is 9.65. The zero-order valence-electron chi connectivity index (χ0n) is 10.8. The molecule has 1 aromatic rings. The number of guanidine groups is 1. The first-order valence-electron chi connectivity index (χ1n) is 6.21. The Morgan fingerprint density at radius 2 is 1.85 bits per heavy atom. The minimum absolute atomic E-state index is 0.0660.